The highest BCUT2D eigenvalue weighted by Crippen LogP contribution is 2.44. The highest BCUT2D eigenvalue weighted by Gasteiger charge is 2.31. The van der Waals surface area contributed by atoms with Gasteiger partial charge >= 0.3 is 16.0 Å². The lowest BCUT2D eigenvalue weighted by atomic mass is 13.5. The smallest absolute Gasteiger partial charge is 0.309 e. The zero-order valence-corrected chi connectivity index (χ0v) is 5.75. The summed E-state index contributed by atoms with van der Waals surface area (Å²) in [5, 5.41) is 8.53. The van der Waals surface area contributed by atoms with Gasteiger partial charge in [-0.2, -0.15) is 0 Å². The molecule has 0 aliphatic carbocycles. The van der Waals surface area contributed by atoms with Crippen LogP contribution >= 0.6 is 16.0 Å². The first-order valence-electron chi connectivity index (χ1n) is 1.58. The maximum absolute atomic E-state index is 10.0. The second-order valence-electron chi connectivity index (χ2n) is 0.940. The summed E-state index contributed by atoms with van der Waals surface area (Å²) in [4.78, 5) is 15.9. The minimum Gasteiger partial charge on any atom is -0.309 e. The first-order chi connectivity index (χ1) is 3.98. The van der Waals surface area contributed by atoms with Crippen LogP contribution in [0.4, 0.5) is 0 Å². The van der Waals surface area contributed by atoms with E-state index in [-0.39, 0.29) is 0 Å². The molecule has 0 aromatic carbocycles. The van der Waals surface area contributed by atoms with Gasteiger partial charge in [0.1, 0.15) is 0 Å². The van der Waals surface area contributed by atoms with Gasteiger partial charge in [-0.25, -0.2) is 4.57 Å². The molecule has 0 radical (unpaired) electrons. The zero-order chi connectivity index (χ0) is 7.49. The monoisotopic (exact) mass is 176 g/mol. The summed E-state index contributed by atoms with van der Waals surface area (Å²) in [6, 6.07) is 0. The van der Waals surface area contributed by atoms with Gasteiger partial charge in [0.25, 0.3) is 0 Å². The fraction of sp³-hybridized carbons (Fsp3) is 0. The van der Waals surface area contributed by atoms with E-state index in [1.54, 1.807) is 0 Å². The first-order valence-corrected chi connectivity index (χ1v) is 4.29. The number of hydrogen-bond acceptors (Lipinski definition) is 4. The van der Waals surface area contributed by atoms with E-state index < -0.39 is 16.0 Å². The Morgan fingerprint density at radius 2 is 2.11 bits per heavy atom. The van der Waals surface area contributed by atoms with Crippen LogP contribution in [-0.2, 0) is 13.4 Å². The van der Waals surface area contributed by atoms with Gasteiger partial charge in [0.2, 0.25) is 0 Å². The summed E-state index contributed by atoms with van der Waals surface area (Å²) in [6.07, 6.45) is 0. The van der Waals surface area contributed by atoms with Crippen molar-refractivity contribution >= 4 is 16.0 Å². The van der Waals surface area contributed by atoms with Crippen LogP contribution in [0.3, 0.4) is 0 Å². The molecule has 0 aliphatic rings. The predicted octanol–water partition coefficient (Wildman–Crippen LogP) is -0.268. The quantitative estimate of drug-likeness (QED) is 0.345. The van der Waals surface area contributed by atoms with Crippen molar-refractivity contribution in [2.24, 2.45) is 0 Å². The lowest BCUT2D eigenvalue weighted by Gasteiger charge is -1.95. The lowest BCUT2D eigenvalue weighted by molar-refractivity contribution is 0.195. The van der Waals surface area contributed by atoms with Gasteiger partial charge in [0.15, 0.2) is 0 Å². The maximum atomic E-state index is 10.0. The molecule has 0 aliphatic heterocycles. The van der Waals surface area contributed by atoms with Crippen LogP contribution in [0.25, 0.3) is 0 Å². The maximum Gasteiger partial charge on any atom is 0.704 e. The normalized spacial score (nSPS) is 18.8. The molecule has 0 bridgehead atoms. The molecule has 7 nitrogen and oxygen atoms in total. The van der Waals surface area contributed by atoms with Crippen LogP contribution in [0.15, 0.2) is 0 Å². The Balaban J connectivity index is 3.88. The van der Waals surface area contributed by atoms with Crippen molar-refractivity contribution in [1.82, 2.24) is 5.25 Å². The summed E-state index contributed by atoms with van der Waals surface area (Å²) in [7, 11) is -7.64. The molecule has 9 heavy (non-hydrogen) atoms. The molecule has 0 rings (SSSR count). The van der Waals surface area contributed by atoms with Gasteiger partial charge in [-0.1, -0.05) is 0 Å². The third kappa shape index (κ3) is 4.62. The fourth-order valence-electron chi connectivity index (χ4n) is 0.113. The van der Waals surface area contributed by atoms with Gasteiger partial charge in [-0.15, -0.1) is 10.1 Å². The molecular formula is H4NO6P2+. The Bertz CT molecular complexity index is 151. The molecule has 54 valence electrons. The molecule has 0 fully saturated rings. The van der Waals surface area contributed by atoms with E-state index >= 15 is 0 Å². The lowest BCUT2D eigenvalue weighted by Crippen LogP contribution is -2.02. The fourth-order valence-corrected chi connectivity index (χ4v) is 1.02. The second-order valence-corrected chi connectivity index (χ2v) is 3.31. The van der Waals surface area contributed by atoms with E-state index in [9.17, 15) is 9.13 Å². The van der Waals surface area contributed by atoms with Gasteiger partial charge in [-0.05, 0) is 4.31 Å². The average molecular weight is 176 g/mol. The van der Waals surface area contributed by atoms with E-state index in [0.29, 0.717) is 0 Å². The molecule has 0 aromatic rings. The molecule has 0 saturated carbocycles. The molecule has 0 aromatic heterocycles. The van der Waals surface area contributed by atoms with Crippen molar-refractivity contribution in [3.63, 3.8) is 0 Å². The van der Waals surface area contributed by atoms with Gasteiger partial charge in [-0.3, -0.25) is 0 Å². The van der Waals surface area contributed by atoms with Gasteiger partial charge in [0, 0.05) is 4.57 Å². The summed E-state index contributed by atoms with van der Waals surface area (Å²) in [6.45, 7) is 0. The molecule has 9 heteroatoms. The predicted molar refractivity (Wildman–Crippen MR) is 25.7 cm³/mol. The molecule has 0 saturated heterocycles. The Hall–Kier alpha value is 0.130. The molecule has 2 atom stereocenters. The van der Waals surface area contributed by atoms with Crippen LogP contribution in [0.1, 0.15) is 0 Å². The van der Waals surface area contributed by atoms with E-state index in [1.165, 1.54) is 0 Å². The number of rotatable bonds is 3. The van der Waals surface area contributed by atoms with Crippen molar-refractivity contribution in [2.75, 3.05) is 0 Å². The summed E-state index contributed by atoms with van der Waals surface area (Å²) in [5.41, 5.74) is 0. The van der Waals surface area contributed by atoms with E-state index in [0.717, 1.165) is 5.25 Å². The first kappa shape index (κ1) is 9.13. The van der Waals surface area contributed by atoms with Crippen molar-refractivity contribution in [2.45, 2.75) is 0 Å². The molecule has 0 heterocycles. The summed E-state index contributed by atoms with van der Waals surface area (Å²) < 4.78 is 23.0. The molecule has 0 spiro atoms. The summed E-state index contributed by atoms with van der Waals surface area (Å²) >= 11 is 0. The Morgan fingerprint density at radius 3 is 2.22 bits per heavy atom. The Kier molecular flexibility index (Phi) is 3.38. The molecule has 2 unspecified atom stereocenters. The van der Waals surface area contributed by atoms with Crippen LogP contribution in [-0.4, -0.2) is 15.0 Å². The number of hydrogen-bond donors (Lipinski definition) is 4. The zero-order valence-electron chi connectivity index (χ0n) is 3.96. The standard InChI is InChI=1S/H3NO6P2/c2-1-9(5,6)7-8(3)4/h(H3-,1,2,3,4,5,6)/p+1. The van der Waals surface area contributed by atoms with E-state index in [4.69, 9.17) is 15.0 Å². The highest BCUT2D eigenvalue weighted by atomic mass is 31.2. The second kappa shape index (κ2) is 3.34. The molecule has 4 N–H and O–H groups in total. The van der Waals surface area contributed by atoms with Crippen LogP contribution in [0, 0.1) is 0 Å². The minimum atomic E-state index is -4.46. The SMILES string of the molecule is O=[P+](O)OP(=O)(O)NO. The third-order valence-corrected chi connectivity index (χ3v) is 2.00. The molecule has 0 amide bonds. The van der Waals surface area contributed by atoms with Crippen molar-refractivity contribution in [3.05, 3.63) is 0 Å². The van der Waals surface area contributed by atoms with E-state index in [2.05, 4.69) is 4.31 Å². The van der Waals surface area contributed by atoms with Gasteiger partial charge < -0.3 is 10.1 Å². The Labute approximate surface area is 50.8 Å². The van der Waals surface area contributed by atoms with Crippen molar-refractivity contribution in [3.8, 4) is 0 Å². The topological polar surface area (TPSA) is 116 Å². The minimum absolute atomic E-state index is 0.818. The van der Waals surface area contributed by atoms with Crippen LogP contribution in [0.2, 0.25) is 0 Å². The van der Waals surface area contributed by atoms with Crippen LogP contribution in [0.5, 0.6) is 0 Å². The highest BCUT2D eigenvalue weighted by molar-refractivity contribution is 7.57. The van der Waals surface area contributed by atoms with Crippen LogP contribution < -0.4 is 5.25 Å². The van der Waals surface area contributed by atoms with Crippen molar-refractivity contribution in [1.29, 1.82) is 0 Å². The average Bonchev–Trinajstić information content (AvgIpc) is 1.63. The summed E-state index contributed by atoms with van der Waals surface area (Å²) in [5.74, 6) is 0. The van der Waals surface area contributed by atoms with Crippen molar-refractivity contribution < 1.29 is 28.4 Å². The third-order valence-electron chi connectivity index (χ3n) is 0.307. The van der Waals surface area contributed by atoms with Gasteiger partial charge in [0.05, 0.1) is 0 Å². The number of nitrogens with one attached hydrogen (secondary N) is 1. The Morgan fingerprint density at radius 1 is 1.67 bits per heavy atom. The molecular weight excluding hydrogens is 172 g/mol. The van der Waals surface area contributed by atoms with E-state index in [1.807, 2.05) is 0 Å². The largest absolute Gasteiger partial charge is 0.704 e.